The average Bonchev–Trinajstić information content (AvgIpc) is 2.52. The van der Waals surface area contributed by atoms with E-state index in [2.05, 4.69) is 24.1 Å². The molecule has 2 rings (SSSR count). The molecule has 0 spiro atoms. The minimum absolute atomic E-state index is 0.0592. The van der Waals surface area contributed by atoms with Crippen molar-refractivity contribution in [2.24, 2.45) is 5.92 Å². The standard InChI is InChI=1S/C17H26N2O2/c1-14-8-10-19(11-9-14)15(2)12-18-17(20)13-21-16-6-4-3-5-7-16/h3-7,14-15H,8-13H2,1-2H3,(H,18,20). The van der Waals surface area contributed by atoms with E-state index in [9.17, 15) is 4.79 Å². The minimum atomic E-state index is -0.0592. The summed E-state index contributed by atoms with van der Waals surface area (Å²) in [5.74, 6) is 1.50. The van der Waals surface area contributed by atoms with Gasteiger partial charge < -0.3 is 10.1 Å². The number of rotatable bonds is 6. The quantitative estimate of drug-likeness (QED) is 0.874. The largest absolute Gasteiger partial charge is 0.484 e. The van der Waals surface area contributed by atoms with Crippen LogP contribution in [0, 0.1) is 5.92 Å². The lowest BCUT2D eigenvalue weighted by Crippen LogP contribution is -2.46. The van der Waals surface area contributed by atoms with Crippen molar-refractivity contribution < 1.29 is 9.53 Å². The molecule has 1 fully saturated rings. The van der Waals surface area contributed by atoms with Gasteiger partial charge in [0.15, 0.2) is 6.61 Å². The molecule has 1 saturated heterocycles. The SMILES string of the molecule is CC1CCN(C(C)CNC(=O)COc2ccccc2)CC1. The molecule has 0 aromatic heterocycles. The Kier molecular flexibility index (Phi) is 6.05. The lowest BCUT2D eigenvalue weighted by Gasteiger charge is -2.34. The molecule has 1 aliphatic rings. The van der Waals surface area contributed by atoms with Crippen molar-refractivity contribution in [3.05, 3.63) is 30.3 Å². The van der Waals surface area contributed by atoms with Crippen molar-refractivity contribution in [2.75, 3.05) is 26.2 Å². The Bertz CT molecular complexity index is 428. The van der Waals surface area contributed by atoms with E-state index in [0.717, 1.165) is 24.8 Å². The molecule has 0 radical (unpaired) electrons. The van der Waals surface area contributed by atoms with Crippen LogP contribution in [0.1, 0.15) is 26.7 Å². The number of piperidine rings is 1. The van der Waals surface area contributed by atoms with Crippen LogP contribution < -0.4 is 10.1 Å². The summed E-state index contributed by atoms with van der Waals surface area (Å²) in [7, 11) is 0. The third kappa shape index (κ3) is 5.38. The molecule has 1 aromatic carbocycles. The molecule has 0 saturated carbocycles. The van der Waals surface area contributed by atoms with Crippen LogP contribution in [-0.2, 0) is 4.79 Å². The lowest BCUT2D eigenvalue weighted by atomic mass is 9.98. The number of nitrogens with zero attached hydrogens (tertiary/aromatic N) is 1. The van der Waals surface area contributed by atoms with Crippen LogP contribution in [0.15, 0.2) is 30.3 Å². The molecule has 1 amide bonds. The van der Waals surface area contributed by atoms with Gasteiger partial charge in [-0.25, -0.2) is 0 Å². The Morgan fingerprint density at radius 2 is 2.00 bits per heavy atom. The minimum Gasteiger partial charge on any atom is -0.484 e. The van der Waals surface area contributed by atoms with Gasteiger partial charge in [-0.2, -0.15) is 0 Å². The van der Waals surface area contributed by atoms with Crippen LogP contribution in [-0.4, -0.2) is 43.1 Å². The summed E-state index contributed by atoms with van der Waals surface area (Å²) in [4.78, 5) is 14.3. The first kappa shape index (κ1) is 15.8. The number of ether oxygens (including phenoxy) is 1. The Morgan fingerprint density at radius 3 is 2.67 bits per heavy atom. The molecule has 1 heterocycles. The first-order valence-electron chi connectivity index (χ1n) is 7.83. The summed E-state index contributed by atoms with van der Waals surface area (Å²) in [6.07, 6.45) is 2.52. The summed E-state index contributed by atoms with van der Waals surface area (Å²) in [5.41, 5.74) is 0. The number of carbonyl (C=O) groups excluding carboxylic acids is 1. The van der Waals surface area contributed by atoms with E-state index in [1.54, 1.807) is 0 Å². The molecule has 0 aliphatic carbocycles. The Balaban J connectivity index is 1.64. The molecular weight excluding hydrogens is 264 g/mol. The maximum absolute atomic E-state index is 11.8. The lowest BCUT2D eigenvalue weighted by molar-refractivity contribution is -0.123. The van der Waals surface area contributed by atoms with E-state index in [1.165, 1.54) is 12.8 Å². The summed E-state index contributed by atoms with van der Waals surface area (Å²) < 4.78 is 5.43. The maximum atomic E-state index is 11.8. The van der Waals surface area contributed by atoms with Gasteiger partial charge in [0.1, 0.15) is 5.75 Å². The van der Waals surface area contributed by atoms with Crippen molar-refractivity contribution in [3.63, 3.8) is 0 Å². The highest BCUT2D eigenvalue weighted by Gasteiger charge is 2.20. The number of benzene rings is 1. The van der Waals surface area contributed by atoms with E-state index in [0.29, 0.717) is 12.6 Å². The molecule has 4 heteroatoms. The molecule has 116 valence electrons. The van der Waals surface area contributed by atoms with Gasteiger partial charge in [-0.1, -0.05) is 25.1 Å². The van der Waals surface area contributed by atoms with Crippen LogP contribution in [0.25, 0.3) is 0 Å². The predicted octanol–water partition coefficient (Wildman–Crippen LogP) is 2.30. The third-order valence-electron chi connectivity index (χ3n) is 4.15. The Hall–Kier alpha value is -1.55. The molecule has 21 heavy (non-hydrogen) atoms. The molecule has 1 unspecified atom stereocenters. The van der Waals surface area contributed by atoms with E-state index in [-0.39, 0.29) is 12.5 Å². The van der Waals surface area contributed by atoms with Gasteiger partial charge >= 0.3 is 0 Å². The van der Waals surface area contributed by atoms with Crippen LogP contribution in [0.2, 0.25) is 0 Å². The zero-order chi connectivity index (χ0) is 15.1. The van der Waals surface area contributed by atoms with Gasteiger partial charge in [-0.15, -0.1) is 0 Å². The summed E-state index contributed by atoms with van der Waals surface area (Å²) in [5, 5.41) is 2.96. The first-order chi connectivity index (χ1) is 10.1. The van der Waals surface area contributed by atoms with Crippen LogP contribution in [0.4, 0.5) is 0 Å². The highest BCUT2D eigenvalue weighted by molar-refractivity contribution is 5.77. The smallest absolute Gasteiger partial charge is 0.257 e. The molecular formula is C17H26N2O2. The normalized spacial score (nSPS) is 18.2. The molecule has 1 aliphatic heterocycles. The van der Waals surface area contributed by atoms with Crippen molar-refractivity contribution in [2.45, 2.75) is 32.7 Å². The molecule has 1 aromatic rings. The van der Waals surface area contributed by atoms with Crippen LogP contribution in [0.3, 0.4) is 0 Å². The first-order valence-corrected chi connectivity index (χ1v) is 7.83. The molecule has 4 nitrogen and oxygen atoms in total. The molecule has 1 atom stereocenters. The average molecular weight is 290 g/mol. The number of likely N-dealkylation sites (tertiary alicyclic amines) is 1. The predicted molar refractivity (Wildman–Crippen MR) is 84.4 cm³/mol. The third-order valence-corrected chi connectivity index (χ3v) is 4.15. The van der Waals surface area contributed by atoms with Crippen molar-refractivity contribution in [1.29, 1.82) is 0 Å². The highest BCUT2D eigenvalue weighted by atomic mass is 16.5. The van der Waals surface area contributed by atoms with Gasteiger partial charge in [-0.3, -0.25) is 9.69 Å². The van der Waals surface area contributed by atoms with Crippen molar-refractivity contribution in [3.8, 4) is 5.75 Å². The number of amides is 1. The number of para-hydroxylation sites is 1. The van der Waals surface area contributed by atoms with Crippen molar-refractivity contribution in [1.82, 2.24) is 10.2 Å². The summed E-state index contributed by atoms with van der Waals surface area (Å²) >= 11 is 0. The highest BCUT2D eigenvalue weighted by Crippen LogP contribution is 2.17. The second kappa shape index (κ2) is 8.03. The maximum Gasteiger partial charge on any atom is 0.257 e. The van der Waals surface area contributed by atoms with Gasteiger partial charge in [-0.05, 0) is 50.9 Å². The van der Waals surface area contributed by atoms with E-state index < -0.39 is 0 Å². The van der Waals surface area contributed by atoms with Crippen LogP contribution in [0.5, 0.6) is 5.75 Å². The van der Waals surface area contributed by atoms with E-state index in [1.807, 2.05) is 30.3 Å². The van der Waals surface area contributed by atoms with Gasteiger partial charge in [0.2, 0.25) is 0 Å². The van der Waals surface area contributed by atoms with Gasteiger partial charge in [0, 0.05) is 12.6 Å². The number of hydrogen-bond donors (Lipinski definition) is 1. The van der Waals surface area contributed by atoms with E-state index in [4.69, 9.17) is 4.74 Å². The zero-order valence-corrected chi connectivity index (χ0v) is 13.0. The fourth-order valence-electron chi connectivity index (χ4n) is 2.58. The summed E-state index contributed by atoms with van der Waals surface area (Å²) in [6.45, 7) is 7.52. The second-order valence-corrected chi connectivity index (χ2v) is 5.97. The van der Waals surface area contributed by atoms with Gasteiger partial charge in [0.25, 0.3) is 5.91 Å². The fourth-order valence-corrected chi connectivity index (χ4v) is 2.58. The Labute approximate surface area is 127 Å². The molecule has 1 N–H and O–H groups in total. The van der Waals surface area contributed by atoms with Crippen molar-refractivity contribution >= 4 is 5.91 Å². The van der Waals surface area contributed by atoms with Crippen LogP contribution >= 0.6 is 0 Å². The zero-order valence-electron chi connectivity index (χ0n) is 13.0. The second-order valence-electron chi connectivity index (χ2n) is 5.97. The fraction of sp³-hybridized carbons (Fsp3) is 0.588. The summed E-state index contributed by atoms with van der Waals surface area (Å²) in [6, 6.07) is 9.81. The van der Waals surface area contributed by atoms with Gasteiger partial charge in [0.05, 0.1) is 0 Å². The van der Waals surface area contributed by atoms with E-state index >= 15 is 0 Å². The topological polar surface area (TPSA) is 41.6 Å². The monoisotopic (exact) mass is 290 g/mol. The number of carbonyl (C=O) groups is 1. The number of hydrogen-bond acceptors (Lipinski definition) is 3. The Morgan fingerprint density at radius 1 is 1.33 bits per heavy atom. The molecule has 0 bridgehead atoms. The number of nitrogens with one attached hydrogen (secondary N) is 1.